The summed E-state index contributed by atoms with van der Waals surface area (Å²) in [7, 11) is 0. The molecule has 0 radical (unpaired) electrons. The summed E-state index contributed by atoms with van der Waals surface area (Å²) in [4.78, 5) is 27.3. The van der Waals surface area contributed by atoms with Crippen molar-refractivity contribution in [3.63, 3.8) is 0 Å². The summed E-state index contributed by atoms with van der Waals surface area (Å²) in [6.45, 7) is -0.164. The SMILES string of the molecule is O=C(O)Cn1cc2cc(CC(=O)c3cccc(C(F)(F)F)n3)c(OCc3ccccc3)cc2n1. The molecule has 7 nitrogen and oxygen atoms in total. The van der Waals surface area contributed by atoms with Gasteiger partial charge in [0.15, 0.2) is 5.78 Å². The normalized spacial score (nSPS) is 11.5. The summed E-state index contributed by atoms with van der Waals surface area (Å²) >= 11 is 0. The third kappa shape index (κ3) is 5.40. The number of nitrogens with zero attached hydrogens (tertiary/aromatic N) is 3. The maximum absolute atomic E-state index is 13.0. The lowest BCUT2D eigenvalue weighted by molar-refractivity contribution is -0.141. The number of pyridine rings is 1. The van der Waals surface area contributed by atoms with Crippen molar-refractivity contribution in [1.82, 2.24) is 14.8 Å². The lowest BCUT2D eigenvalue weighted by atomic mass is 10.0. The summed E-state index contributed by atoms with van der Waals surface area (Å²) < 4.78 is 46.2. The Morgan fingerprint density at radius 2 is 1.79 bits per heavy atom. The van der Waals surface area contributed by atoms with E-state index >= 15 is 0 Å². The number of alkyl halides is 3. The molecule has 2 aromatic carbocycles. The van der Waals surface area contributed by atoms with E-state index in [2.05, 4.69) is 10.1 Å². The van der Waals surface area contributed by atoms with Crippen LogP contribution >= 0.6 is 0 Å². The van der Waals surface area contributed by atoms with Gasteiger partial charge in [0, 0.05) is 29.6 Å². The van der Waals surface area contributed by atoms with Gasteiger partial charge in [-0.1, -0.05) is 36.4 Å². The number of aromatic nitrogens is 3. The first kappa shape index (κ1) is 23.0. The van der Waals surface area contributed by atoms with Crippen LogP contribution in [0.25, 0.3) is 10.9 Å². The Morgan fingerprint density at radius 3 is 2.50 bits per heavy atom. The molecule has 0 amide bonds. The minimum atomic E-state index is -4.67. The van der Waals surface area contributed by atoms with Crippen LogP contribution < -0.4 is 4.74 Å². The number of carboxylic acid groups (broad SMARTS) is 1. The highest BCUT2D eigenvalue weighted by molar-refractivity contribution is 5.97. The van der Waals surface area contributed by atoms with E-state index in [0.29, 0.717) is 22.2 Å². The molecular weight excluding hydrogens is 451 g/mol. The number of hydrogen-bond acceptors (Lipinski definition) is 5. The molecule has 0 aliphatic carbocycles. The summed E-state index contributed by atoms with van der Waals surface area (Å²) in [5, 5.41) is 13.8. The van der Waals surface area contributed by atoms with Gasteiger partial charge in [-0.2, -0.15) is 18.3 Å². The van der Waals surface area contributed by atoms with Gasteiger partial charge in [0.2, 0.25) is 0 Å². The molecule has 0 atom stereocenters. The van der Waals surface area contributed by atoms with Crippen molar-refractivity contribution in [1.29, 1.82) is 0 Å². The van der Waals surface area contributed by atoms with E-state index in [1.165, 1.54) is 16.9 Å². The van der Waals surface area contributed by atoms with Crippen LogP contribution in [0, 0.1) is 0 Å². The molecule has 0 bridgehead atoms. The number of ketones is 1. The van der Waals surface area contributed by atoms with Gasteiger partial charge in [0.25, 0.3) is 0 Å². The van der Waals surface area contributed by atoms with E-state index in [4.69, 9.17) is 9.84 Å². The van der Waals surface area contributed by atoms with Crippen LogP contribution in [0.3, 0.4) is 0 Å². The average Bonchev–Trinajstić information content (AvgIpc) is 3.18. The predicted molar refractivity (Wildman–Crippen MR) is 115 cm³/mol. The van der Waals surface area contributed by atoms with Gasteiger partial charge in [-0.25, -0.2) is 4.98 Å². The number of fused-ring (bicyclic) bond motifs is 1. The van der Waals surface area contributed by atoms with Gasteiger partial charge >= 0.3 is 12.1 Å². The molecular formula is C24H18F3N3O4. The third-order valence-electron chi connectivity index (χ3n) is 4.94. The van der Waals surface area contributed by atoms with Gasteiger partial charge in [0.1, 0.15) is 30.3 Å². The number of aliphatic carboxylic acids is 1. The van der Waals surface area contributed by atoms with Gasteiger partial charge < -0.3 is 9.84 Å². The maximum atomic E-state index is 13.0. The molecule has 0 unspecified atom stereocenters. The van der Waals surface area contributed by atoms with E-state index in [-0.39, 0.29) is 25.3 Å². The zero-order chi connectivity index (χ0) is 24.3. The number of hydrogen-bond donors (Lipinski definition) is 1. The van der Waals surface area contributed by atoms with Gasteiger partial charge in [0.05, 0.1) is 5.52 Å². The van der Waals surface area contributed by atoms with Crippen molar-refractivity contribution in [2.75, 3.05) is 0 Å². The van der Waals surface area contributed by atoms with Crippen LogP contribution in [0.15, 0.2) is 66.9 Å². The fraction of sp³-hybridized carbons (Fsp3) is 0.167. The van der Waals surface area contributed by atoms with E-state index in [1.807, 2.05) is 30.3 Å². The molecule has 1 N–H and O–H groups in total. The number of carbonyl (C=O) groups is 2. The highest BCUT2D eigenvalue weighted by Crippen LogP contribution is 2.29. The highest BCUT2D eigenvalue weighted by atomic mass is 19.4. The van der Waals surface area contributed by atoms with Crippen LogP contribution in [-0.2, 0) is 30.5 Å². The molecule has 0 spiro atoms. The fourth-order valence-corrected chi connectivity index (χ4v) is 3.39. The Morgan fingerprint density at radius 1 is 1.03 bits per heavy atom. The summed E-state index contributed by atoms with van der Waals surface area (Å²) in [6.07, 6.45) is -3.42. The second-order valence-electron chi connectivity index (χ2n) is 7.52. The van der Waals surface area contributed by atoms with Gasteiger partial charge in [-0.05, 0) is 23.8 Å². The van der Waals surface area contributed by atoms with Crippen molar-refractivity contribution in [3.8, 4) is 5.75 Å². The third-order valence-corrected chi connectivity index (χ3v) is 4.94. The smallest absolute Gasteiger partial charge is 0.433 e. The highest BCUT2D eigenvalue weighted by Gasteiger charge is 2.33. The zero-order valence-corrected chi connectivity index (χ0v) is 17.6. The lowest BCUT2D eigenvalue weighted by Crippen LogP contribution is -2.13. The number of ether oxygens (including phenoxy) is 1. The van der Waals surface area contributed by atoms with Crippen molar-refractivity contribution in [2.45, 2.75) is 25.7 Å². The minimum absolute atomic E-state index is 0.186. The minimum Gasteiger partial charge on any atom is -0.489 e. The molecule has 4 aromatic rings. The first-order chi connectivity index (χ1) is 16.2. The van der Waals surface area contributed by atoms with Crippen LogP contribution in [0.5, 0.6) is 5.75 Å². The quantitative estimate of drug-likeness (QED) is 0.381. The maximum Gasteiger partial charge on any atom is 0.433 e. The average molecular weight is 469 g/mol. The van der Waals surface area contributed by atoms with Crippen molar-refractivity contribution in [2.24, 2.45) is 0 Å². The fourth-order valence-electron chi connectivity index (χ4n) is 3.39. The van der Waals surface area contributed by atoms with Crippen LogP contribution in [0.1, 0.15) is 27.3 Å². The number of halogens is 3. The Balaban J connectivity index is 1.67. The first-order valence-electron chi connectivity index (χ1n) is 10.1. The van der Waals surface area contributed by atoms with Crippen LogP contribution in [0.4, 0.5) is 13.2 Å². The summed E-state index contributed by atoms with van der Waals surface area (Å²) in [5.74, 6) is -1.37. The molecule has 0 saturated heterocycles. The number of rotatable bonds is 8. The number of carboxylic acids is 1. The van der Waals surface area contributed by atoms with E-state index in [0.717, 1.165) is 17.7 Å². The van der Waals surface area contributed by atoms with Crippen LogP contribution in [0.2, 0.25) is 0 Å². The van der Waals surface area contributed by atoms with Crippen molar-refractivity contribution < 1.29 is 32.6 Å². The van der Waals surface area contributed by atoms with Gasteiger partial charge in [-0.15, -0.1) is 0 Å². The standard InChI is InChI=1S/C24H18F3N3O4/c25-24(26,27)22-8-4-7-18(28-22)20(31)10-16-9-17-12-30(13-23(32)33)29-19(17)11-21(16)34-14-15-5-2-1-3-6-15/h1-9,11-12H,10,13-14H2,(H,32,33). The summed E-state index contributed by atoms with van der Waals surface area (Å²) in [5.41, 5.74) is 0.283. The molecule has 0 fully saturated rings. The molecule has 4 rings (SSSR count). The number of Topliss-reactive ketones (excluding diaryl/α,β-unsaturated/α-hetero) is 1. The Kier molecular flexibility index (Phi) is 6.31. The topological polar surface area (TPSA) is 94.3 Å². The Bertz CT molecular complexity index is 1350. The largest absolute Gasteiger partial charge is 0.489 e. The number of benzene rings is 2. The molecule has 0 saturated carbocycles. The van der Waals surface area contributed by atoms with E-state index in [9.17, 15) is 22.8 Å². The lowest BCUT2D eigenvalue weighted by Gasteiger charge is -2.12. The molecule has 2 aromatic heterocycles. The molecule has 0 aliphatic heterocycles. The first-order valence-corrected chi connectivity index (χ1v) is 10.1. The van der Waals surface area contributed by atoms with Crippen molar-refractivity contribution >= 4 is 22.7 Å². The Labute approximate surface area is 191 Å². The zero-order valence-electron chi connectivity index (χ0n) is 17.6. The van der Waals surface area contributed by atoms with E-state index < -0.39 is 23.6 Å². The molecule has 2 heterocycles. The predicted octanol–water partition coefficient (Wildman–Crippen LogP) is 4.54. The second-order valence-corrected chi connectivity index (χ2v) is 7.52. The molecule has 10 heteroatoms. The molecule has 0 aliphatic rings. The summed E-state index contributed by atoms with van der Waals surface area (Å²) in [6, 6.07) is 15.6. The molecule has 174 valence electrons. The van der Waals surface area contributed by atoms with E-state index in [1.54, 1.807) is 12.1 Å². The molecule has 34 heavy (non-hydrogen) atoms. The second kappa shape index (κ2) is 9.34. The van der Waals surface area contributed by atoms with Crippen molar-refractivity contribution in [3.05, 3.63) is 89.4 Å². The number of carbonyl (C=O) groups excluding carboxylic acids is 1. The Hall–Kier alpha value is -4.21. The van der Waals surface area contributed by atoms with Gasteiger partial charge in [-0.3, -0.25) is 14.3 Å². The monoisotopic (exact) mass is 469 g/mol. The van der Waals surface area contributed by atoms with Crippen LogP contribution in [-0.4, -0.2) is 31.6 Å².